The first-order valence-corrected chi connectivity index (χ1v) is 9.62. The number of hydrogen-bond donors (Lipinski definition) is 1. The summed E-state index contributed by atoms with van der Waals surface area (Å²) >= 11 is 0. The third-order valence-electron chi connectivity index (χ3n) is 4.84. The standard InChI is InChI=1S/C23H25N3O5/c1-14-6-7-15(2)20(10-14)31-13-17-11-16(8-9-19(17)29-4)22(27)25-18-12-24-26(3)21(18)23(28)30-5/h6-12H,13H2,1-5H3,(H,25,27). The summed E-state index contributed by atoms with van der Waals surface area (Å²) in [5.41, 5.74) is 3.64. The van der Waals surface area contributed by atoms with Gasteiger partial charge in [-0.15, -0.1) is 0 Å². The molecular formula is C23H25N3O5. The van der Waals surface area contributed by atoms with Crippen LogP contribution >= 0.6 is 0 Å². The van der Waals surface area contributed by atoms with E-state index >= 15 is 0 Å². The highest BCUT2D eigenvalue weighted by molar-refractivity contribution is 6.07. The number of esters is 1. The molecule has 1 heterocycles. The quantitative estimate of drug-likeness (QED) is 0.583. The number of nitrogens with one attached hydrogen (secondary N) is 1. The fourth-order valence-corrected chi connectivity index (χ4v) is 3.11. The van der Waals surface area contributed by atoms with Crippen molar-refractivity contribution in [2.24, 2.45) is 7.05 Å². The molecule has 1 aromatic heterocycles. The number of anilines is 1. The maximum Gasteiger partial charge on any atom is 0.358 e. The maximum atomic E-state index is 12.8. The highest BCUT2D eigenvalue weighted by Crippen LogP contribution is 2.25. The highest BCUT2D eigenvalue weighted by atomic mass is 16.5. The molecule has 0 aliphatic carbocycles. The Kier molecular flexibility index (Phi) is 6.59. The summed E-state index contributed by atoms with van der Waals surface area (Å²) in [7, 11) is 4.43. The zero-order chi connectivity index (χ0) is 22.5. The van der Waals surface area contributed by atoms with Gasteiger partial charge in [0.15, 0.2) is 5.69 Å². The number of hydrogen-bond acceptors (Lipinski definition) is 6. The van der Waals surface area contributed by atoms with E-state index in [-0.39, 0.29) is 18.0 Å². The molecule has 3 aromatic rings. The summed E-state index contributed by atoms with van der Waals surface area (Å²) < 4.78 is 17.5. The van der Waals surface area contributed by atoms with E-state index < -0.39 is 11.9 Å². The number of ether oxygens (including phenoxy) is 3. The molecule has 8 nitrogen and oxygen atoms in total. The summed E-state index contributed by atoms with van der Waals surface area (Å²) in [5, 5.41) is 6.73. The molecule has 0 saturated carbocycles. The zero-order valence-electron chi connectivity index (χ0n) is 18.2. The Labute approximate surface area is 180 Å². The first-order chi connectivity index (χ1) is 14.8. The maximum absolute atomic E-state index is 12.8. The number of benzene rings is 2. The van der Waals surface area contributed by atoms with E-state index in [0.29, 0.717) is 11.3 Å². The first kappa shape index (κ1) is 21.9. The lowest BCUT2D eigenvalue weighted by Gasteiger charge is -2.14. The molecule has 0 atom stereocenters. The molecule has 0 unspecified atom stereocenters. The van der Waals surface area contributed by atoms with Crippen LogP contribution in [0.3, 0.4) is 0 Å². The van der Waals surface area contributed by atoms with Gasteiger partial charge in [0.25, 0.3) is 5.91 Å². The largest absolute Gasteiger partial charge is 0.496 e. The van der Waals surface area contributed by atoms with Crippen LogP contribution in [0.25, 0.3) is 0 Å². The number of carbonyl (C=O) groups is 2. The van der Waals surface area contributed by atoms with Crippen LogP contribution in [0.2, 0.25) is 0 Å². The van der Waals surface area contributed by atoms with Gasteiger partial charge in [-0.2, -0.15) is 5.10 Å². The molecule has 0 spiro atoms. The van der Waals surface area contributed by atoms with Gasteiger partial charge in [0.2, 0.25) is 0 Å². The molecule has 0 aliphatic heterocycles. The molecule has 31 heavy (non-hydrogen) atoms. The van der Waals surface area contributed by atoms with E-state index in [2.05, 4.69) is 10.4 Å². The van der Waals surface area contributed by atoms with Crippen molar-refractivity contribution >= 4 is 17.6 Å². The Morgan fingerprint density at radius 3 is 2.55 bits per heavy atom. The van der Waals surface area contributed by atoms with E-state index in [0.717, 1.165) is 22.4 Å². The third kappa shape index (κ3) is 4.85. The van der Waals surface area contributed by atoms with Crippen LogP contribution in [-0.2, 0) is 18.4 Å². The average molecular weight is 423 g/mol. The van der Waals surface area contributed by atoms with Crippen molar-refractivity contribution in [1.82, 2.24) is 9.78 Å². The SMILES string of the molecule is COC(=O)c1c(NC(=O)c2ccc(OC)c(COc3cc(C)ccc3C)c2)cnn1C. The number of rotatable bonds is 7. The monoisotopic (exact) mass is 423 g/mol. The van der Waals surface area contributed by atoms with Crippen molar-refractivity contribution in [2.75, 3.05) is 19.5 Å². The van der Waals surface area contributed by atoms with Crippen LogP contribution in [0.1, 0.15) is 37.5 Å². The molecule has 0 radical (unpaired) electrons. The molecule has 162 valence electrons. The topological polar surface area (TPSA) is 91.7 Å². The van der Waals surface area contributed by atoms with Gasteiger partial charge in [-0.25, -0.2) is 4.79 Å². The molecule has 8 heteroatoms. The van der Waals surface area contributed by atoms with Crippen molar-refractivity contribution in [3.8, 4) is 11.5 Å². The third-order valence-corrected chi connectivity index (χ3v) is 4.84. The van der Waals surface area contributed by atoms with E-state index in [1.807, 2.05) is 32.0 Å². The Morgan fingerprint density at radius 1 is 1.06 bits per heavy atom. The zero-order valence-corrected chi connectivity index (χ0v) is 18.2. The second kappa shape index (κ2) is 9.34. The summed E-state index contributed by atoms with van der Waals surface area (Å²) in [6, 6.07) is 11.0. The number of aromatic nitrogens is 2. The number of nitrogens with zero attached hydrogens (tertiary/aromatic N) is 2. The summed E-state index contributed by atoms with van der Waals surface area (Å²) in [6.45, 7) is 4.20. The number of carbonyl (C=O) groups excluding carboxylic acids is 2. The van der Waals surface area contributed by atoms with E-state index in [9.17, 15) is 9.59 Å². The minimum Gasteiger partial charge on any atom is -0.496 e. The fraction of sp³-hybridized carbons (Fsp3) is 0.261. The Hall–Kier alpha value is -3.81. The van der Waals surface area contributed by atoms with Gasteiger partial charge in [-0.1, -0.05) is 12.1 Å². The lowest BCUT2D eigenvalue weighted by molar-refractivity contribution is 0.0589. The van der Waals surface area contributed by atoms with Gasteiger partial charge in [-0.05, 0) is 49.2 Å². The van der Waals surface area contributed by atoms with Crippen LogP contribution in [0, 0.1) is 13.8 Å². The van der Waals surface area contributed by atoms with Gasteiger partial charge in [0, 0.05) is 18.2 Å². The smallest absolute Gasteiger partial charge is 0.358 e. The molecule has 1 amide bonds. The van der Waals surface area contributed by atoms with Crippen molar-refractivity contribution in [3.05, 3.63) is 70.5 Å². The van der Waals surface area contributed by atoms with Crippen LogP contribution in [0.4, 0.5) is 5.69 Å². The molecule has 1 N–H and O–H groups in total. The second-order valence-corrected chi connectivity index (χ2v) is 7.06. The van der Waals surface area contributed by atoms with Crippen LogP contribution in [-0.4, -0.2) is 35.9 Å². The highest BCUT2D eigenvalue weighted by Gasteiger charge is 2.20. The normalized spacial score (nSPS) is 10.5. The fourth-order valence-electron chi connectivity index (χ4n) is 3.11. The van der Waals surface area contributed by atoms with Gasteiger partial charge in [0.1, 0.15) is 18.1 Å². The van der Waals surface area contributed by atoms with Crippen LogP contribution in [0.15, 0.2) is 42.6 Å². The molecule has 2 aromatic carbocycles. The lowest BCUT2D eigenvalue weighted by Crippen LogP contribution is -2.17. The first-order valence-electron chi connectivity index (χ1n) is 9.62. The van der Waals surface area contributed by atoms with E-state index in [1.165, 1.54) is 18.0 Å². The van der Waals surface area contributed by atoms with Crippen molar-refractivity contribution in [1.29, 1.82) is 0 Å². The molecule has 0 saturated heterocycles. The van der Waals surface area contributed by atoms with E-state index in [1.54, 1.807) is 32.4 Å². The van der Waals surface area contributed by atoms with Gasteiger partial charge >= 0.3 is 5.97 Å². The lowest BCUT2D eigenvalue weighted by atomic mass is 10.1. The Morgan fingerprint density at radius 2 is 1.84 bits per heavy atom. The van der Waals surface area contributed by atoms with Gasteiger partial charge < -0.3 is 19.5 Å². The second-order valence-electron chi connectivity index (χ2n) is 7.06. The predicted molar refractivity (Wildman–Crippen MR) is 116 cm³/mol. The number of amides is 1. The van der Waals surface area contributed by atoms with Gasteiger partial charge in [-0.3, -0.25) is 9.48 Å². The van der Waals surface area contributed by atoms with Crippen LogP contribution in [0.5, 0.6) is 11.5 Å². The molecule has 0 bridgehead atoms. The minimum atomic E-state index is -0.590. The summed E-state index contributed by atoms with van der Waals surface area (Å²) in [4.78, 5) is 24.8. The van der Waals surface area contributed by atoms with Crippen molar-refractivity contribution in [3.63, 3.8) is 0 Å². The predicted octanol–water partition coefficient (Wildman–Crippen LogP) is 3.66. The summed E-state index contributed by atoms with van der Waals surface area (Å²) in [5.74, 6) is 0.398. The van der Waals surface area contributed by atoms with Crippen molar-refractivity contribution < 1.29 is 23.8 Å². The Bertz CT molecular complexity index is 1120. The molecular weight excluding hydrogens is 398 g/mol. The molecule has 0 fully saturated rings. The number of methoxy groups -OCH3 is 2. The Balaban J connectivity index is 1.82. The number of aryl methyl sites for hydroxylation is 3. The summed E-state index contributed by atoms with van der Waals surface area (Å²) in [6.07, 6.45) is 1.40. The van der Waals surface area contributed by atoms with Gasteiger partial charge in [0.05, 0.1) is 26.1 Å². The molecule has 3 rings (SSSR count). The van der Waals surface area contributed by atoms with Crippen LogP contribution < -0.4 is 14.8 Å². The van der Waals surface area contributed by atoms with Crippen molar-refractivity contribution in [2.45, 2.75) is 20.5 Å². The van der Waals surface area contributed by atoms with E-state index in [4.69, 9.17) is 14.2 Å². The minimum absolute atomic E-state index is 0.155. The molecule has 0 aliphatic rings. The average Bonchev–Trinajstić information content (AvgIpc) is 3.13.